The second-order valence-corrected chi connectivity index (χ2v) is 3.03. The topological polar surface area (TPSA) is 127 Å². The molecule has 0 aromatic carbocycles. The van der Waals surface area contributed by atoms with Gasteiger partial charge in [0.15, 0.2) is 4.30 Å². The van der Waals surface area contributed by atoms with E-state index in [1.54, 1.807) is 0 Å². The summed E-state index contributed by atoms with van der Waals surface area (Å²) < 4.78 is -0.750. The largest absolute Gasteiger partial charge is 1.00 e. The van der Waals surface area contributed by atoms with E-state index in [9.17, 15) is 0 Å². The second kappa shape index (κ2) is 42.7. The zero-order valence-corrected chi connectivity index (χ0v) is 18.6. The van der Waals surface area contributed by atoms with Crippen LogP contribution in [0.3, 0.4) is 0 Å². The van der Waals surface area contributed by atoms with Crippen LogP contribution in [0.4, 0.5) is 0 Å². The van der Waals surface area contributed by atoms with Gasteiger partial charge in [-0.25, -0.2) is 0 Å². The first-order valence-corrected chi connectivity index (χ1v) is 4.05. The molecular formula is C4H9BCl3Na3O6. The monoisotopic (exact) mass is 338 g/mol. The van der Waals surface area contributed by atoms with Crippen molar-refractivity contribution in [2.75, 3.05) is 7.11 Å². The average Bonchev–Trinajstić information content (AvgIpc) is 1.86. The van der Waals surface area contributed by atoms with Gasteiger partial charge in [-0.15, -0.1) is 0 Å². The Morgan fingerprint density at radius 1 is 1.06 bits per heavy atom. The summed E-state index contributed by atoms with van der Waals surface area (Å²) in [5.41, 5.74) is 0. The van der Waals surface area contributed by atoms with Gasteiger partial charge in [0.05, 0.1) is 0 Å². The minimum Gasteiger partial charge on any atom is -0.907 e. The summed E-state index contributed by atoms with van der Waals surface area (Å²) in [5.74, 6) is -0.833. The molecule has 0 aliphatic heterocycles. The summed E-state index contributed by atoms with van der Waals surface area (Å²) in [6, 6.07) is 0. The molecule has 0 heterocycles. The summed E-state index contributed by atoms with van der Waals surface area (Å²) in [7, 11) is -1.92. The summed E-state index contributed by atoms with van der Waals surface area (Å²) in [4.78, 5) is 9.00. The normalized spacial score (nSPS) is 5.53. The van der Waals surface area contributed by atoms with Gasteiger partial charge in [-0.05, 0) is 0 Å². The Balaban J connectivity index is -0.0000000152. The fourth-order valence-corrected chi connectivity index (χ4v) is 0. The van der Waals surface area contributed by atoms with E-state index < -0.39 is 17.6 Å². The predicted molar refractivity (Wildman–Crippen MR) is 48.6 cm³/mol. The van der Waals surface area contributed by atoms with Gasteiger partial charge in [0.25, 0.3) is 5.97 Å². The van der Waals surface area contributed by atoms with Gasteiger partial charge in [0.1, 0.15) is 0 Å². The molecule has 0 amide bonds. The van der Waals surface area contributed by atoms with E-state index in [4.69, 9.17) is 64.9 Å². The molecule has 6 nitrogen and oxygen atoms in total. The Hall–Kier alpha value is 3.24. The van der Waals surface area contributed by atoms with Gasteiger partial charge in [-0.1, -0.05) is 34.8 Å². The number of hydrogen-bond donors (Lipinski definition) is 2. The Morgan fingerprint density at radius 2 is 1.06 bits per heavy atom. The van der Waals surface area contributed by atoms with Crippen LogP contribution in [0.5, 0.6) is 0 Å². The van der Waals surface area contributed by atoms with Crippen LogP contribution in [-0.4, -0.2) is 34.9 Å². The van der Waals surface area contributed by atoms with Crippen molar-refractivity contribution in [3.8, 4) is 0 Å². The van der Waals surface area contributed by atoms with Crippen molar-refractivity contribution >= 4 is 48.1 Å². The van der Waals surface area contributed by atoms with E-state index in [0.717, 1.165) is 14.0 Å². The summed E-state index contributed by atoms with van der Waals surface area (Å²) in [5, 5.41) is 39.7. The molecule has 0 aliphatic carbocycles. The predicted octanol–water partition coefficient (Wildman–Crippen LogP) is -11.3. The van der Waals surface area contributed by atoms with E-state index >= 15 is 0 Å². The van der Waals surface area contributed by atoms with Crippen LogP contribution in [0, 0.1) is 0 Å². The molecule has 0 atom stereocenters. The molecule has 0 bridgehead atoms. The zero-order valence-electron chi connectivity index (χ0n) is 10.3. The van der Waals surface area contributed by atoms with Gasteiger partial charge in [-0.3, -0.25) is 12.1 Å². The summed E-state index contributed by atoms with van der Waals surface area (Å²) in [6.07, 6.45) is 0. The fraction of sp³-hybridized carbons (Fsp3) is 0.750. The molecule has 88 valence electrons. The molecule has 0 spiro atoms. The Morgan fingerprint density at radius 3 is 1.06 bits per heavy atom. The summed E-state index contributed by atoms with van der Waals surface area (Å²) >= 11 is 14.4. The van der Waals surface area contributed by atoms with Crippen LogP contribution in [0.15, 0.2) is 0 Å². The second-order valence-electron chi connectivity index (χ2n) is 1.06. The molecule has 0 rings (SSSR count). The number of rotatable bonds is 0. The van der Waals surface area contributed by atoms with E-state index in [1.165, 1.54) is 0 Å². The first kappa shape index (κ1) is 42.7. The van der Waals surface area contributed by atoms with Crippen LogP contribution in [0.25, 0.3) is 0 Å². The first-order chi connectivity index (χ1) is 6.20. The van der Waals surface area contributed by atoms with Crippen molar-refractivity contribution in [1.82, 2.24) is 0 Å². The first-order valence-electron chi connectivity index (χ1n) is 2.74. The standard InChI is InChI=1S/C2H4O2.CHCl3.CH4O.BO3.3Na/c1-2(3)4;2-1(3)4;1-2;2-1(3)4;;;/h1H3,(H,3,4);1H;2H,1H3;;;;/q;;;-3;3*+1. The summed E-state index contributed by atoms with van der Waals surface area (Å²) in [6.45, 7) is 1.08. The minimum absolute atomic E-state index is 0. The fourth-order valence-electron chi connectivity index (χ4n) is 0. The maximum Gasteiger partial charge on any atom is 1.00 e. The van der Waals surface area contributed by atoms with Crippen LogP contribution in [0.2, 0.25) is 0 Å². The average molecular weight is 339 g/mol. The van der Waals surface area contributed by atoms with E-state index in [2.05, 4.69) is 0 Å². The molecule has 0 aliphatic rings. The molecule has 0 saturated heterocycles. The van der Waals surface area contributed by atoms with Crippen molar-refractivity contribution in [3.05, 3.63) is 0 Å². The SMILES string of the molecule is CC(=O)O.CO.ClC(Cl)Cl.[Na+].[Na+].[Na+].[O-]B([O-])[O-]. The van der Waals surface area contributed by atoms with Gasteiger partial charge in [0, 0.05) is 14.0 Å². The molecule has 0 radical (unpaired) electrons. The molecule has 0 aromatic heterocycles. The molecule has 2 N–H and O–H groups in total. The number of halogens is 3. The number of carbonyl (C=O) groups is 1. The molecule has 0 fully saturated rings. The van der Waals surface area contributed by atoms with E-state index in [-0.39, 0.29) is 88.7 Å². The van der Waals surface area contributed by atoms with E-state index in [1.807, 2.05) is 0 Å². The molecule has 0 unspecified atom stereocenters. The molecule has 13 heteroatoms. The number of aliphatic hydroxyl groups is 1. The van der Waals surface area contributed by atoms with Gasteiger partial charge < -0.3 is 25.3 Å². The van der Waals surface area contributed by atoms with Gasteiger partial charge >= 0.3 is 88.7 Å². The number of hydrogen-bond acceptors (Lipinski definition) is 5. The molecule has 17 heavy (non-hydrogen) atoms. The third-order valence-corrected chi connectivity index (χ3v) is 0. The quantitative estimate of drug-likeness (QED) is 0.333. The Labute approximate surface area is 182 Å². The van der Waals surface area contributed by atoms with E-state index in [0.29, 0.717) is 0 Å². The number of aliphatic hydroxyl groups excluding tert-OH is 1. The zero-order chi connectivity index (χ0) is 12.7. The van der Waals surface area contributed by atoms with Gasteiger partial charge in [0.2, 0.25) is 0 Å². The van der Waals surface area contributed by atoms with Crippen LogP contribution in [0.1, 0.15) is 6.92 Å². The number of aliphatic carboxylic acids is 1. The maximum atomic E-state index is 9.00. The van der Waals surface area contributed by atoms with Crippen molar-refractivity contribution in [2.24, 2.45) is 0 Å². The smallest absolute Gasteiger partial charge is 0.907 e. The number of carboxylic acid groups (broad SMARTS) is 1. The Bertz CT molecular complexity index is 99.0. The number of alkyl halides is 3. The van der Waals surface area contributed by atoms with Crippen molar-refractivity contribution in [2.45, 2.75) is 11.2 Å². The van der Waals surface area contributed by atoms with Crippen molar-refractivity contribution in [3.63, 3.8) is 0 Å². The number of carboxylic acids is 1. The van der Waals surface area contributed by atoms with Crippen molar-refractivity contribution in [1.29, 1.82) is 0 Å². The molecular weight excluding hydrogens is 330 g/mol. The third kappa shape index (κ3) is 544. The molecule has 0 aromatic rings. The van der Waals surface area contributed by atoms with Crippen molar-refractivity contribution < 1.29 is 119 Å². The maximum absolute atomic E-state index is 9.00. The van der Waals surface area contributed by atoms with Crippen LogP contribution < -0.4 is 104 Å². The Kier molecular flexibility index (Phi) is 107. The third-order valence-electron chi connectivity index (χ3n) is 0. The van der Waals surface area contributed by atoms with Crippen LogP contribution >= 0.6 is 34.8 Å². The van der Waals surface area contributed by atoms with Gasteiger partial charge in [-0.2, -0.15) is 0 Å². The minimum atomic E-state index is -2.92. The van der Waals surface area contributed by atoms with Crippen LogP contribution in [-0.2, 0) is 4.79 Å². The molecule has 0 saturated carbocycles.